The van der Waals surface area contributed by atoms with E-state index >= 15 is 0 Å². The molecule has 0 rings (SSSR count). The van der Waals surface area contributed by atoms with Gasteiger partial charge in [-0.3, -0.25) is 9.18 Å². The second-order valence-corrected chi connectivity index (χ2v) is 6.93. The van der Waals surface area contributed by atoms with Crippen LogP contribution in [0.15, 0.2) is 24.3 Å². The predicted octanol–water partition coefficient (Wildman–Crippen LogP) is 6.72. The van der Waals surface area contributed by atoms with Crippen LogP contribution in [-0.4, -0.2) is 33.0 Å². The number of halogens is 1. The van der Waals surface area contributed by atoms with Crippen LogP contribution in [0.5, 0.6) is 0 Å². The smallest absolute Gasteiger partial charge is 0.305 e. The maximum atomic E-state index is 11.9. The molecule has 27 heavy (non-hydrogen) atoms. The number of ether oxygens (including phenoxy) is 2. The van der Waals surface area contributed by atoms with E-state index in [2.05, 4.69) is 24.3 Å². The molecule has 0 spiro atoms. The van der Waals surface area contributed by atoms with Crippen LogP contribution in [0.1, 0.15) is 89.9 Å². The molecule has 0 bridgehead atoms. The van der Waals surface area contributed by atoms with E-state index in [4.69, 9.17) is 9.47 Å². The first kappa shape index (κ1) is 25.8. The van der Waals surface area contributed by atoms with Gasteiger partial charge in [0.25, 0.3) is 0 Å². The first-order valence-electron chi connectivity index (χ1n) is 10.8. The second kappa shape index (κ2) is 22.9. The summed E-state index contributed by atoms with van der Waals surface area (Å²) in [4.78, 5) is 11.4. The molecule has 0 aromatic carbocycles. The van der Waals surface area contributed by atoms with Gasteiger partial charge in [-0.15, -0.1) is 0 Å². The van der Waals surface area contributed by atoms with Gasteiger partial charge in [0.2, 0.25) is 0 Å². The standard InChI is InChI=1S/C23H41FO3/c1-26-21-22-27-23(25)19-17-15-13-11-9-7-5-3-2-4-6-8-10-12-14-16-18-20-24/h8,10-11,13H,2-7,9,12,14-22H2,1H3/b10-8-,13-11-. The highest BCUT2D eigenvalue weighted by Gasteiger charge is 2.00. The molecule has 0 amide bonds. The quantitative estimate of drug-likeness (QED) is 0.133. The number of carbonyl (C=O) groups is 1. The predicted molar refractivity (Wildman–Crippen MR) is 112 cm³/mol. The molecule has 0 heterocycles. The van der Waals surface area contributed by atoms with Gasteiger partial charge >= 0.3 is 5.97 Å². The molecule has 158 valence electrons. The molecule has 0 saturated carbocycles. The van der Waals surface area contributed by atoms with E-state index in [9.17, 15) is 9.18 Å². The Morgan fingerprint density at radius 3 is 1.70 bits per heavy atom. The molecule has 3 nitrogen and oxygen atoms in total. The van der Waals surface area contributed by atoms with Crippen molar-refractivity contribution in [3.05, 3.63) is 24.3 Å². The molecule has 0 atom stereocenters. The maximum absolute atomic E-state index is 11.9. The minimum atomic E-state index is -0.175. The number of carbonyl (C=O) groups excluding carboxylic acids is 1. The number of allylic oxidation sites excluding steroid dienone is 4. The third-order valence-corrected chi connectivity index (χ3v) is 4.38. The fraction of sp³-hybridized carbons (Fsp3) is 0.783. The average molecular weight is 385 g/mol. The summed E-state index contributed by atoms with van der Waals surface area (Å²) in [6, 6.07) is 0. The lowest BCUT2D eigenvalue weighted by atomic mass is 10.1. The normalized spacial score (nSPS) is 11.6. The number of methoxy groups -OCH3 is 1. The van der Waals surface area contributed by atoms with Crippen LogP contribution in [0.3, 0.4) is 0 Å². The molecule has 0 aliphatic rings. The van der Waals surface area contributed by atoms with Crippen molar-refractivity contribution in [2.24, 2.45) is 0 Å². The van der Waals surface area contributed by atoms with Crippen molar-refractivity contribution < 1.29 is 18.7 Å². The van der Waals surface area contributed by atoms with Gasteiger partial charge in [-0.2, -0.15) is 0 Å². The number of rotatable bonds is 20. The third kappa shape index (κ3) is 22.8. The van der Waals surface area contributed by atoms with Crippen LogP contribution in [0.25, 0.3) is 0 Å². The number of hydrogen-bond donors (Lipinski definition) is 0. The van der Waals surface area contributed by atoms with Crippen molar-refractivity contribution in [2.75, 3.05) is 27.0 Å². The third-order valence-electron chi connectivity index (χ3n) is 4.38. The van der Waals surface area contributed by atoms with Crippen LogP contribution in [0.4, 0.5) is 4.39 Å². The van der Waals surface area contributed by atoms with Gasteiger partial charge in [0.15, 0.2) is 0 Å². The lowest BCUT2D eigenvalue weighted by Crippen LogP contribution is -2.09. The Bertz CT molecular complexity index is 367. The zero-order valence-electron chi connectivity index (χ0n) is 17.4. The van der Waals surface area contributed by atoms with Crippen LogP contribution < -0.4 is 0 Å². The topological polar surface area (TPSA) is 35.5 Å². The lowest BCUT2D eigenvalue weighted by Gasteiger charge is -2.02. The van der Waals surface area contributed by atoms with E-state index in [1.54, 1.807) is 7.11 Å². The number of hydrogen-bond acceptors (Lipinski definition) is 3. The summed E-state index contributed by atoms with van der Waals surface area (Å²) in [6.07, 6.45) is 23.9. The molecule has 0 N–H and O–H groups in total. The van der Waals surface area contributed by atoms with Crippen molar-refractivity contribution in [3.63, 3.8) is 0 Å². The van der Waals surface area contributed by atoms with Gasteiger partial charge in [0.1, 0.15) is 6.61 Å². The van der Waals surface area contributed by atoms with Crippen LogP contribution >= 0.6 is 0 Å². The molecular formula is C23H41FO3. The molecular weight excluding hydrogens is 343 g/mol. The maximum Gasteiger partial charge on any atom is 0.305 e. The monoisotopic (exact) mass is 384 g/mol. The molecule has 0 radical (unpaired) electrons. The molecule has 0 fully saturated rings. The minimum Gasteiger partial charge on any atom is -0.463 e. The van der Waals surface area contributed by atoms with E-state index in [-0.39, 0.29) is 12.6 Å². The SMILES string of the molecule is COCCOC(=O)CCC/C=C\CCCCCCC/C=C\CCCCCF. The zero-order chi connectivity index (χ0) is 19.8. The van der Waals surface area contributed by atoms with Gasteiger partial charge in [-0.1, -0.05) is 50.0 Å². The van der Waals surface area contributed by atoms with E-state index in [0.29, 0.717) is 26.1 Å². The van der Waals surface area contributed by atoms with Crippen molar-refractivity contribution in [1.82, 2.24) is 0 Å². The van der Waals surface area contributed by atoms with Crippen LogP contribution in [0.2, 0.25) is 0 Å². The number of unbranched alkanes of at least 4 members (excludes halogenated alkanes) is 10. The average Bonchev–Trinajstić information content (AvgIpc) is 2.67. The first-order chi connectivity index (χ1) is 13.3. The van der Waals surface area contributed by atoms with Gasteiger partial charge < -0.3 is 9.47 Å². The van der Waals surface area contributed by atoms with Crippen molar-refractivity contribution in [2.45, 2.75) is 89.9 Å². The van der Waals surface area contributed by atoms with Crippen molar-refractivity contribution >= 4 is 5.97 Å². The molecule has 4 heteroatoms. The van der Waals surface area contributed by atoms with Crippen LogP contribution in [-0.2, 0) is 14.3 Å². The van der Waals surface area contributed by atoms with E-state index < -0.39 is 0 Å². The first-order valence-corrected chi connectivity index (χ1v) is 10.8. The lowest BCUT2D eigenvalue weighted by molar-refractivity contribution is -0.144. The molecule has 0 aliphatic carbocycles. The zero-order valence-corrected chi connectivity index (χ0v) is 17.4. The Labute approximate surface area is 166 Å². The number of esters is 1. The summed E-state index contributed by atoms with van der Waals surface area (Å²) in [5.41, 5.74) is 0. The van der Waals surface area contributed by atoms with Crippen molar-refractivity contribution in [3.8, 4) is 0 Å². The molecule has 0 aromatic heterocycles. The van der Waals surface area contributed by atoms with E-state index in [1.165, 1.54) is 38.5 Å². The molecule has 0 aromatic rings. The van der Waals surface area contributed by atoms with Gasteiger partial charge in [0.05, 0.1) is 13.3 Å². The van der Waals surface area contributed by atoms with E-state index in [0.717, 1.165) is 38.5 Å². The van der Waals surface area contributed by atoms with Crippen LogP contribution in [0, 0.1) is 0 Å². The Morgan fingerprint density at radius 1 is 0.704 bits per heavy atom. The van der Waals surface area contributed by atoms with Gasteiger partial charge in [0, 0.05) is 13.5 Å². The fourth-order valence-corrected chi connectivity index (χ4v) is 2.73. The minimum absolute atomic E-state index is 0.132. The Hall–Kier alpha value is -1.16. The molecule has 0 saturated heterocycles. The molecule has 0 unspecified atom stereocenters. The highest BCUT2D eigenvalue weighted by Crippen LogP contribution is 2.09. The summed E-state index contributed by atoms with van der Waals surface area (Å²) >= 11 is 0. The fourth-order valence-electron chi connectivity index (χ4n) is 2.73. The summed E-state index contributed by atoms with van der Waals surface area (Å²) in [5, 5.41) is 0. The summed E-state index contributed by atoms with van der Waals surface area (Å²) in [7, 11) is 1.60. The highest BCUT2D eigenvalue weighted by atomic mass is 19.1. The summed E-state index contributed by atoms with van der Waals surface area (Å²) in [6.45, 7) is 0.639. The van der Waals surface area contributed by atoms with Gasteiger partial charge in [-0.05, 0) is 57.8 Å². The Balaban J connectivity index is 3.22. The largest absolute Gasteiger partial charge is 0.463 e. The number of alkyl halides is 1. The summed E-state index contributed by atoms with van der Waals surface area (Å²) < 4.78 is 21.8. The van der Waals surface area contributed by atoms with E-state index in [1.807, 2.05) is 0 Å². The Morgan fingerprint density at radius 2 is 1.19 bits per heavy atom. The Kier molecular flexibility index (Phi) is 21.9. The molecule has 0 aliphatic heterocycles. The highest BCUT2D eigenvalue weighted by molar-refractivity contribution is 5.69. The van der Waals surface area contributed by atoms with Crippen molar-refractivity contribution in [1.29, 1.82) is 0 Å². The second-order valence-electron chi connectivity index (χ2n) is 6.93. The summed E-state index contributed by atoms with van der Waals surface area (Å²) in [5.74, 6) is -0.132. The van der Waals surface area contributed by atoms with Gasteiger partial charge in [-0.25, -0.2) is 0 Å².